The molecule has 2 atom stereocenters. The number of hydrogen-bond donors (Lipinski definition) is 1. The summed E-state index contributed by atoms with van der Waals surface area (Å²) in [5, 5.41) is 6.36. The Labute approximate surface area is 121 Å². The number of pyridine rings is 1. The Hall–Kier alpha value is -1.41. The van der Waals surface area contributed by atoms with E-state index < -0.39 is 0 Å². The van der Waals surface area contributed by atoms with E-state index in [-0.39, 0.29) is 0 Å². The predicted molar refractivity (Wildman–Crippen MR) is 85.0 cm³/mol. The van der Waals surface area contributed by atoms with Crippen molar-refractivity contribution < 1.29 is 0 Å². The SMILES string of the molecule is CCCNC1CCCC(c2cncc3ccccc23)C1. The molecular weight excluding hydrogens is 244 g/mol. The first-order valence-electron chi connectivity index (χ1n) is 7.94. The number of fused-ring (bicyclic) bond motifs is 1. The van der Waals surface area contributed by atoms with Crippen LogP contribution in [0.5, 0.6) is 0 Å². The molecule has 1 fully saturated rings. The Bertz CT molecular complexity index is 559. The van der Waals surface area contributed by atoms with Crippen molar-refractivity contribution in [2.24, 2.45) is 0 Å². The van der Waals surface area contributed by atoms with Crippen LogP contribution >= 0.6 is 0 Å². The number of hydrogen-bond acceptors (Lipinski definition) is 2. The summed E-state index contributed by atoms with van der Waals surface area (Å²) in [6.45, 7) is 3.38. The number of nitrogens with one attached hydrogen (secondary N) is 1. The van der Waals surface area contributed by atoms with Crippen molar-refractivity contribution in [2.45, 2.75) is 51.0 Å². The molecule has 20 heavy (non-hydrogen) atoms. The minimum Gasteiger partial charge on any atom is -0.314 e. The van der Waals surface area contributed by atoms with Crippen molar-refractivity contribution in [3.63, 3.8) is 0 Å². The first-order chi connectivity index (χ1) is 9.88. The zero-order valence-corrected chi connectivity index (χ0v) is 12.3. The summed E-state index contributed by atoms with van der Waals surface area (Å²) in [6, 6.07) is 9.34. The summed E-state index contributed by atoms with van der Waals surface area (Å²) in [6.07, 6.45) is 10.5. The minimum absolute atomic E-state index is 0.664. The standard InChI is InChI=1S/C18H24N2/c1-2-10-20-16-8-5-7-14(11-16)18-13-19-12-15-6-3-4-9-17(15)18/h3-4,6,9,12-14,16,20H,2,5,7-8,10-11H2,1H3. The first kappa shape index (κ1) is 13.6. The fraction of sp³-hybridized carbons (Fsp3) is 0.500. The molecule has 106 valence electrons. The van der Waals surface area contributed by atoms with Crippen molar-refractivity contribution >= 4 is 10.8 Å². The van der Waals surface area contributed by atoms with Gasteiger partial charge < -0.3 is 5.32 Å². The lowest BCUT2D eigenvalue weighted by atomic mass is 9.80. The lowest BCUT2D eigenvalue weighted by molar-refractivity contribution is 0.341. The van der Waals surface area contributed by atoms with Crippen LogP contribution in [0.25, 0.3) is 10.8 Å². The fourth-order valence-electron chi connectivity index (χ4n) is 3.47. The van der Waals surface area contributed by atoms with Crippen LogP contribution in [0.1, 0.15) is 50.5 Å². The third-order valence-electron chi connectivity index (χ3n) is 4.50. The largest absolute Gasteiger partial charge is 0.314 e. The molecule has 1 aliphatic carbocycles. The van der Waals surface area contributed by atoms with Gasteiger partial charge in [-0.05, 0) is 49.1 Å². The molecule has 1 aromatic heterocycles. The maximum atomic E-state index is 4.45. The van der Waals surface area contributed by atoms with E-state index >= 15 is 0 Å². The van der Waals surface area contributed by atoms with Crippen LogP contribution in [0.3, 0.4) is 0 Å². The molecule has 0 amide bonds. The van der Waals surface area contributed by atoms with Gasteiger partial charge in [0.15, 0.2) is 0 Å². The fourth-order valence-corrected chi connectivity index (χ4v) is 3.47. The highest BCUT2D eigenvalue weighted by molar-refractivity contribution is 5.85. The summed E-state index contributed by atoms with van der Waals surface area (Å²) in [4.78, 5) is 4.45. The molecule has 2 nitrogen and oxygen atoms in total. The molecule has 3 rings (SSSR count). The molecule has 0 aliphatic heterocycles. The lowest BCUT2D eigenvalue weighted by Crippen LogP contribution is -2.34. The molecule has 0 radical (unpaired) electrons. The van der Waals surface area contributed by atoms with Crippen LogP contribution in [0.2, 0.25) is 0 Å². The third kappa shape index (κ3) is 2.85. The smallest absolute Gasteiger partial charge is 0.0346 e. The quantitative estimate of drug-likeness (QED) is 0.896. The third-order valence-corrected chi connectivity index (χ3v) is 4.50. The Balaban J connectivity index is 1.83. The topological polar surface area (TPSA) is 24.9 Å². The summed E-state index contributed by atoms with van der Waals surface area (Å²) in [5.41, 5.74) is 1.45. The molecule has 2 aromatic rings. The normalized spacial score (nSPS) is 23.1. The zero-order chi connectivity index (χ0) is 13.8. The summed E-state index contributed by atoms with van der Waals surface area (Å²) < 4.78 is 0. The van der Waals surface area contributed by atoms with Crippen LogP contribution in [0.4, 0.5) is 0 Å². The van der Waals surface area contributed by atoms with Crippen LogP contribution in [0, 0.1) is 0 Å². The maximum Gasteiger partial charge on any atom is 0.0346 e. The highest BCUT2D eigenvalue weighted by atomic mass is 14.9. The molecule has 2 heteroatoms. The Morgan fingerprint density at radius 3 is 3.00 bits per heavy atom. The maximum absolute atomic E-state index is 4.45. The summed E-state index contributed by atoms with van der Waals surface area (Å²) in [5.74, 6) is 0.664. The molecule has 2 unspecified atom stereocenters. The number of aromatic nitrogens is 1. The van der Waals surface area contributed by atoms with Gasteiger partial charge >= 0.3 is 0 Å². The average molecular weight is 268 g/mol. The zero-order valence-electron chi connectivity index (χ0n) is 12.3. The molecule has 1 aromatic carbocycles. The minimum atomic E-state index is 0.664. The van der Waals surface area contributed by atoms with Crippen LogP contribution < -0.4 is 5.32 Å². The molecular formula is C18H24N2. The Kier molecular flexibility index (Phi) is 4.31. The van der Waals surface area contributed by atoms with E-state index in [1.54, 1.807) is 0 Å². The van der Waals surface area contributed by atoms with Crippen LogP contribution in [0.15, 0.2) is 36.7 Å². The van der Waals surface area contributed by atoms with Crippen molar-refractivity contribution in [1.82, 2.24) is 10.3 Å². The van der Waals surface area contributed by atoms with E-state index in [4.69, 9.17) is 0 Å². The average Bonchev–Trinajstić information content (AvgIpc) is 2.52. The van der Waals surface area contributed by atoms with E-state index in [0.717, 1.165) is 6.54 Å². The van der Waals surface area contributed by atoms with E-state index in [9.17, 15) is 0 Å². The molecule has 0 saturated heterocycles. The molecule has 1 aliphatic rings. The van der Waals surface area contributed by atoms with Gasteiger partial charge in [-0.2, -0.15) is 0 Å². The van der Waals surface area contributed by atoms with E-state index in [0.29, 0.717) is 12.0 Å². The molecule has 1 N–H and O–H groups in total. The number of benzene rings is 1. The van der Waals surface area contributed by atoms with Gasteiger partial charge in [-0.25, -0.2) is 0 Å². The highest BCUT2D eigenvalue weighted by Gasteiger charge is 2.24. The predicted octanol–water partition coefficient (Wildman–Crippen LogP) is 4.26. The second-order valence-corrected chi connectivity index (χ2v) is 5.96. The van der Waals surface area contributed by atoms with E-state index in [1.807, 2.05) is 6.20 Å². The summed E-state index contributed by atoms with van der Waals surface area (Å²) in [7, 11) is 0. The molecule has 1 heterocycles. The Morgan fingerprint density at radius 1 is 1.20 bits per heavy atom. The second kappa shape index (κ2) is 6.36. The van der Waals surface area contributed by atoms with E-state index in [2.05, 4.69) is 47.7 Å². The van der Waals surface area contributed by atoms with E-state index in [1.165, 1.54) is 48.4 Å². The van der Waals surface area contributed by atoms with Crippen LogP contribution in [-0.2, 0) is 0 Å². The first-order valence-corrected chi connectivity index (χ1v) is 7.94. The lowest BCUT2D eigenvalue weighted by Gasteiger charge is -2.30. The van der Waals surface area contributed by atoms with Crippen molar-refractivity contribution in [3.8, 4) is 0 Å². The molecule has 0 bridgehead atoms. The monoisotopic (exact) mass is 268 g/mol. The highest BCUT2D eigenvalue weighted by Crippen LogP contribution is 2.35. The molecule has 1 saturated carbocycles. The van der Waals surface area contributed by atoms with Crippen LogP contribution in [-0.4, -0.2) is 17.6 Å². The van der Waals surface area contributed by atoms with Gasteiger partial charge in [-0.1, -0.05) is 37.6 Å². The van der Waals surface area contributed by atoms with Crippen molar-refractivity contribution in [2.75, 3.05) is 6.54 Å². The van der Waals surface area contributed by atoms with Gasteiger partial charge in [0.2, 0.25) is 0 Å². The van der Waals surface area contributed by atoms with Gasteiger partial charge in [-0.3, -0.25) is 4.98 Å². The summed E-state index contributed by atoms with van der Waals surface area (Å²) >= 11 is 0. The number of rotatable bonds is 4. The number of nitrogens with zero attached hydrogens (tertiary/aromatic N) is 1. The van der Waals surface area contributed by atoms with Gasteiger partial charge in [0.05, 0.1) is 0 Å². The van der Waals surface area contributed by atoms with Gasteiger partial charge in [0.1, 0.15) is 0 Å². The molecule has 0 spiro atoms. The van der Waals surface area contributed by atoms with Gasteiger partial charge in [-0.15, -0.1) is 0 Å². The Morgan fingerprint density at radius 2 is 2.10 bits per heavy atom. The van der Waals surface area contributed by atoms with Gasteiger partial charge in [0, 0.05) is 23.8 Å². The van der Waals surface area contributed by atoms with Crippen molar-refractivity contribution in [1.29, 1.82) is 0 Å². The van der Waals surface area contributed by atoms with Gasteiger partial charge in [0.25, 0.3) is 0 Å². The second-order valence-electron chi connectivity index (χ2n) is 5.96. The van der Waals surface area contributed by atoms with Crippen molar-refractivity contribution in [3.05, 3.63) is 42.2 Å².